The number of hydrogen-bond acceptors (Lipinski definition) is 4. The maximum absolute atomic E-state index is 12.1. The minimum atomic E-state index is -0.276. The Morgan fingerprint density at radius 1 is 0.767 bits per heavy atom. The molecular formula is C23H22ClN3O3. The van der Waals surface area contributed by atoms with E-state index in [0.717, 1.165) is 11.3 Å². The fourth-order valence-electron chi connectivity index (χ4n) is 2.70. The molecule has 6 nitrogen and oxygen atoms in total. The van der Waals surface area contributed by atoms with Gasteiger partial charge in [-0.2, -0.15) is 0 Å². The van der Waals surface area contributed by atoms with Crippen LogP contribution in [0.4, 0.5) is 11.4 Å². The van der Waals surface area contributed by atoms with Gasteiger partial charge in [-0.05, 0) is 42.5 Å². The topological polar surface area (TPSA) is 79.5 Å². The maximum atomic E-state index is 12.1. The highest BCUT2D eigenvalue weighted by atomic mass is 35.5. The predicted octanol–water partition coefficient (Wildman–Crippen LogP) is 4.09. The fourth-order valence-corrected chi connectivity index (χ4v) is 2.83. The lowest BCUT2D eigenvalue weighted by atomic mass is 10.2. The number of nitrogens with one attached hydrogen (secondary N) is 3. The monoisotopic (exact) mass is 423 g/mol. The molecule has 0 aliphatic carbocycles. The summed E-state index contributed by atoms with van der Waals surface area (Å²) in [5.41, 5.74) is 2.25. The molecule has 0 heterocycles. The number of rotatable bonds is 9. The Bertz CT molecular complexity index is 978. The van der Waals surface area contributed by atoms with Gasteiger partial charge in [-0.3, -0.25) is 9.59 Å². The Morgan fingerprint density at radius 2 is 1.40 bits per heavy atom. The molecule has 3 aromatic rings. The Hall–Kier alpha value is -3.35. The lowest BCUT2D eigenvalue weighted by Gasteiger charge is -2.12. The molecule has 0 bridgehead atoms. The summed E-state index contributed by atoms with van der Waals surface area (Å²) >= 11 is 5.84. The second-order valence-corrected chi connectivity index (χ2v) is 6.91. The van der Waals surface area contributed by atoms with Crippen LogP contribution < -0.4 is 20.7 Å². The Labute approximate surface area is 180 Å². The van der Waals surface area contributed by atoms with E-state index in [1.54, 1.807) is 30.3 Å². The zero-order chi connectivity index (χ0) is 21.2. The number of para-hydroxylation sites is 2. The summed E-state index contributed by atoms with van der Waals surface area (Å²) in [6.07, 6.45) is 0. The van der Waals surface area contributed by atoms with Crippen LogP contribution in [0.3, 0.4) is 0 Å². The van der Waals surface area contributed by atoms with Gasteiger partial charge in [-0.25, -0.2) is 0 Å². The average Bonchev–Trinajstić information content (AvgIpc) is 2.75. The second kappa shape index (κ2) is 11.0. The van der Waals surface area contributed by atoms with Crippen molar-refractivity contribution in [1.29, 1.82) is 0 Å². The molecule has 30 heavy (non-hydrogen) atoms. The molecule has 0 atom stereocenters. The SMILES string of the molecule is O=C(CNCc1ccccc1OCC(=O)Nc1ccc(Cl)cc1)Nc1ccccc1. The molecule has 0 spiro atoms. The smallest absolute Gasteiger partial charge is 0.262 e. The summed E-state index contributed by atoms with van der Waals surface area (Å²) in [4.78, 5) is 24.2. The summed E-state index contributed by atoms with van der Waals surface area (Å²) in [5.74, 6) is 0.170. The van der Waals surface area contributed by atoms with Gasteiger partial charge in [-0.1, -0.05) is 48.0 Å². The van der Waals surface area contributed by atoms with Gasteiger partial charge in [0.05, 0.1) is 6.54 Å². The molecule has 0 saturated carbocycles. The van der Waals surface area contributed by atoms with E-state index in [2.05, 4.69) is 16.0 Å². The summed E-state index contributed by atoms with van der Waals surface area (Å²) in [6.45, 7) is 0.450. The van der Waals surface area contributed by atoms with E-state index in [1.807, 2.05) is 48.5 Å². The molecular weight excluding hydrogens is 402 g/mol. The molecule has 0 fully saturated rings. The van der Waals surface area contributed by atoms with Gasteiger partial charge >= 0.3 is 0 Å². The molecule has 0 aliphatic rings. The van der Waals surface area contributed by atoms with Crippen molar-refractivity contribution >= 4 is 34.8 Å². The third-order valence-electron chi connectivity index (χ3n) is 4.12. The van der Waals surface area contributed by atoms with E-state index in [-0.39, 0.29) is 25.0 Å². The van der Waals surface area contributed by atoms with Crippen molar-refractivity contribution in [2.75, 3.05) is 23.8 Å². The van der Waals surface area contributed by atoms with E-state index < -0.39 is 0 Å². The number of halogens is 1. The molecule has 0 radical (unpaired) electrons. The van der Waals surface area contributed by atoms with E-state index in [9.17, 15) is 9.59 Å². The zero-order valence-corrected chi connectivity index (χ0v) is 17.0. The quantitative estimate of drug-likeness (QED) is 0.484. The largest absolute Gasteiger partial charge is 0.483 e. The summed E-state index contributed by atoms with van der Waals surface area (Å²) in [6, 6.07) is 23.5. The van der Waals surface area contributed by atoms with E-state index in [1.165, 1.54) is 0 Å². The maximum Gasteiger partial charge on any atom is 0.262 e. The van der Waals surface area contributed by atoms with E-state index in [4.69, 9.17) is 16.3 Å². The van der Waals surface area contributed by atoms with Gasteiger partial charge in [0, 0.05) is 28.5 Å². The molecule has 0 aromatic heterocycles. The summed E-state index contributed by atoms with van der Waals surface area (Å²) in [5, 5.41) is 9.25. The fraction of sp³-hybridized carbons (Fsp3) is 0.130. The molecule has 3 rings (SSSR count). The van der Waals surface area contributed by atoms with Crippen LogP contribution in [0.25, 0.3) is 0 Å². The molecule has 154 valence electrons. The Balaban J connectivity index is 1.46. The molecule has 3 N–H and O–H groups in total. The van der Waals surface area contributed by atoms with Crippen molar-refractivity contribution in [1.82, 2.24) is 5.32 Å². The molecule has 0 aliphatic heterocycles. The number of anilines is 2. The molecule has 7 heteroatoms. The Kier molecular flexibility index (Phi) is 7.83. The van der Waals surface area contributed by atoms with Crippen molar-refractivity contribution in [3.8, 4) is 5.75 Å². The first-order valence-electron chi connectivity index (χ1n) is 9.42. The van der Waals surface area contributed by atoms with E-state index >= 15 is 0 Å². The summed E-state index contributed by atoms with van der Waals surface area (Å²) < 4.78 is 5.67. The minimum absolute atomic E-state index is 0.131. The standard InChI is InChI=1S/C23H22ClN3O3/c24-18-10-12-20(13-11-18)27-23(29)16-30-21-9-5-4-6-17(21)14-25-15-22(28)26-19-7-2-1-3-8-19/h1-13,25H,14-16H2,(H,26,28)(H,27,29). The first-order valence-corrected chi connectivity index (χ1v) is 9.80. The molecule has 3 aromatic carbocycles. The van der Waals surface area contributed by atoms with Crippen molar-refractivity contribution in [2.45, 2.75) is 6.54 Å². The van der Waals surface area contributed by atoms with Gasteiger partial charge < -0.3 is 20.7 Å². The highest BCUT2D eigenvalue weighted by Gasteiger charge is 2.08. The number of benzene rings is 3. The lowest BCUT2D eigenvalue weighted by molar-refractivity contribution is -0.118. The Morgan fingerprint density at radius 3 is 2.17 bits per heavy atom. The van der Waals surface area contributed by atoms with Gasteiger partial charge in [0.1, 0.15) is 5.75 Å². The normalized spacial score (nSPS) is 10.3. The number of carbonyl (C=O) groups excluding carboxylic acids is 2. The van der Waals surface area contributed by atoms with Crippen molar-refractivity contribution in [2.24, 2.45) is 0 Å². The number of amides is 2. The van der Waals surface area contributed by atoms with Crippen molar-refractivity contribution in [3.63, 3.8) is 0 Å². The van der Waals surface area contributed by atoms with Crippen molar-refractivity contribution < 1.29 is 14.3 Å². The zero-order valence-electron chi connectivity index (χ0n) is 16.2. The van der Waals surface area contributed by atoms with Crippen LogP contribution in [0.5, 0.6) is 5.75 Å². The number of ether oxygens (including phenoxy) is 1. The van der Waals surface area contributed by atoms with Crippen LogP contribution in [-0.4, -0.2) is 25.0 Å². The first kappa shape index (κ1) is 21.4. The highest BCUT2D eigenvalue weighted by molar-refractivity contribution is 6.30. The van der Waals surface area contributed by atoms with Crippen LogP contribution in [0.1, 0.15) is 5.56 Å². The first-order chi connectivity index (χ1) is 14.6. The second-order valence-electron chi connectivity index (χ2n) is 6.47. The van der Waals surface area contributed by atoms with Crippen molar-refractivity contribution in [3.05, 3.63) is 89.4 Å². The van der Waals surface area contributed by atoms with Crippen LogP contribution in [0.2, 0.25) is 5.02 Å². The summed E-state index contributed by atoms with van der Waals surface area (Å²) in [7, 11) is 0. The van der Waals surface area contributed by atoms with Crippen LogP contribution in [-0.2, 0) is 16.1 Å². The molecule has 0 unspecified atom stereocenters. The lowest BCUT2D eigenvalue weighted by Crippen LogP contribution is -2.28. The van der Waals surface area contributed by atoms with Gasteiger partial charge in [-0.15, -0.1) is 0 Å². The minimum Gasteiger partial charge on any atom is -0.483 e. The highest BCUT2D eigenvalue weighted by Crippen LogP contribution is 2.18. The van der Waals surface area contributed by atoms with Gasteiger partial charge in [0.25, 0.3) is 5.91 Å². The predicted molar refractivity (Wildman–Crippen MR) is 119 cm³/mol. The van der Waals surface area contributed by atoms with Crippen LogP contribution in [0, 0.1) is 0 Å². The van der Waals surface area contributed by atoms with Crippen LogP contribution in [0.15, 0.2) is 78.9 Å². The van der Waals surface area contributed by atoms with E-state index in [0.29, 0.717) is 23.0 Å². The average molecular weight is 424 g/mol. The van der Waals surface area contributed by atoms with Crippen LogP contribution >= 0.6 is 11.6 Å². The molecule has 2 amide bonds. The van der Waals surface area contributed by atoms with Gasteiger partial charge in [0.15, 0.2) is 6.61 Å². The van der Waals surface area contributed by atoms with Gasteiger partial charge in [0.2, 0.25) is 5.91 Å². The molecule has 0 saturated heterocycles. The third kappa shape index (κ3) is 6.92. The number of hydrogen-bond donors (Lipinski definition) is 3. The number of carbonyl (C=O) groups is 2. The third-order valence-corrected chi connectivity index (χ3v) is 4.37.